The summed E-state index contributed by atoms with van der Waals surface area (Å²) in [6.45, 7) is 3.60. The van der Waals surface area contributed by atoms with Crippen molar-refractivity contribution < 1.29 is 14.3 Å². The summed E-state index contributed by atoms with van der Waals surface area (Å²) < 4.78 is 12.9. The molecule has 7 heteroatoms. The van der Waals surface area contributed by atoms with Crippen molar-refractivity contribution in [2.75, 3.05) is 32.2 Å². The number of fused-ring (bicyclic) bond motifs is 1. The molecule has 0 radical (unpaired) electrons. The quantitative estimate of drug-likeness (QED) is 0.656. The third-order valence-electron chi connectivity index (χ3n) is 6.17. The largest absolute Gasteiger partial charge is 0.497 e. The lowest BCUT2D eigenvalue weighted by molar-refractivity contribution is -0.126. The topological polar surface area (TPSA) is 68.6 Å². The molecule has 0 aliphatic carbocycles. The van der Waals surface area contributed by atoms with E-state index in [4.69, 9.17) is 14.5 Å². The molecule has 2 heterocycles. The lowest BCUT2D eigenvalue weighted by atomic mass is 9.95. The lowest BCUT2D eigenvalue weighted by Gasteiger charge is -2.32. The van der Waals surface area contributed by atoms with Gasteiger partial charge in [-0.1, -0.05) is 12.1 Å². The van der Waals surface area contributed by atoms with Crippen LogP contribution >= 0.6 is 0 Å². The molecule has 0 bridgehead atoms. The molecule has 1 N–H and O–H groups in total. The van der Waals surface area contributed by atoms with Gasteiger partial charge in [-0.25, -0.2) is 4.98 Å². The van der Waals surface area contributed by atoms with Crippen molar-refractivity contribution in [3.8, 4) is 11.5 Å². The van der Waals surface area contributed by atoms with Crippen molar-refractivity contribution in [3.05, 3.63) is 48.0 Å². The van der Waals surface area contributed by atoms with Gasteiger partial charge in [-0.15, -0.1) is 0 Å². The number of hydrogen-bond donors (Lipinski definition) is 1. The normalized spacial score (nSPS) is 15.7. The number of ether oxygens (including phenoxy) is 2. The van der Waals surface area contributed by atoms with Crippen LogP contribution in [0, 0.1) is 5.92 Å². The summed E-state index contributed by atoms with van der Waals surface area (Å²) in [7, 11) is 5.32. The van der Waals surface area contributed by atoms with Crippen molar-refractivity contribution in [1.29, 1.82) is 0 Å². The van der Waals surface area contributed by atoms with E-state index in [-0.39, 0.29) is 17.9 Å². The van der Waals surface area contributed by atoms with E-state index in [0.29, 0.717) is 0 Å². The SMILES string of the molecule is COc1ccc(OC)c([C@@H](C)NC(=O)C2CCN(c3nc4ccccc4n3C)CC2)c1. The number of methoxy groups -OCH3 is 2. The fourth-order valence-electron chi connectivity index (χ4n) is 4.34. The Morgan fingerprint density at radius 1 is 1.13 bits per heavy atom. The average molecular weight is 423 g/mol. The zero-order valence-electron chi connectivity index (χ0n) is 18.6. The standard InChI is InChI=1S/C24H30N4O3/c1-16(19-15-18(30-3)9-10-22(19)31-4)25-23(29)17-11-13-28(14-12-17)24-26-20-7-5-6-8-21(20)27(24)2/h5-10,15-17H,11-14H2,1-4H3,(H,25,29)/t16-/m1/s1. The van der Waals surface area contributed by atoms with E-state index in [2.05, 4.69) is 20.9 Å². The highest BCUT2D eigenvalue weighted by molar-refractivity contribution is 5.80. The van der Waals surface area contributed by atoms with E-state index in [9.17, 15) is 4.79 Å². The van der Waals surface area contributed by atoms with Gasteiger partial charge >= 0.3 is 0 Å². The second-order valence-electron chi connectivity index (χ2n) is 8.06. The zero-order chi connectivity index (χ0) is 22.0. The molecule has 1 saturated heterocycles. The number of aryl methyl sites for hydroxylation is 1. The van der Waals surface area contributed by atoms with Crippen molar-refractivity contribution in [2.45, 2.75) is 25.8 Å². The lowest BCUT2D eigenvalue weighted by Crippen LogP contribution is -2.42. The summed E-state index contributed by atoms with van der Waals surface area (Å²) in [5.41, 5.74) is 3.03. The smallest absolute Gasteiger partial charge is 0.223 e. The van der Waals surface area contributed by atoms with Gasteiger partial charge < -0.3 is 24.3 Å². The number of nitrogens with one attached hydrogen (secondary N) is 1. The Morgan fingerprint density at radius 2 is 1.87 bits per heavy atom. The zero-order valence-corrected chi connectivity index (χ0v) is 18.6. The molecule has 1 aromatic heterocycles. The first-order valence-corrected chi connectivity index (χ1v) is 10.7. The minimum atomic E-state index is -0.171. The number of aromatic nitrogens is 2. The number of carbonyl (C=O) groups is 1. The Morgan fingerprint density at radius 3 is 2.55 bits per heavy atom. The van der Waals surface area contributed by atoms with E-state index < -0.39 is 0 Å². The molecule has 1 aliphatic heterocycles. The van der Waals surface area contributed by atoms with Crippen LogP contribution < -0.4 is 19.7 Å². The van der Waals surface area contributed by atoms with Crippen LogP contribution in [-0.2, 0) is 11.8 Å². The molecule has 0 spiro atoms. The third-order valence-corrected chi connectivity index (χ3v) is 6.17. The van der Waals surface area contributed by atoms with E-state index in [1.54, 1.807) is 14.2 Å². The van der Waals surface area contributed by atoms with E-state index >= 15 is 0 Å². The van der Waals surface area contributed by atoms with Gasteiger partial charge in [-0.2, -0.15) is 0 Å². The third kappa shape index (κ3) is 4.17. The van der Waals surface area contributed by atoms with Gasteiger partial charge in [0, 0.05) is 31.6 Å². The molecule has 31 heavy (non-hydrogen) atoms. The highest BCUT2D eigenvalue weighted by Gasteiger charge is 2.28. The van der Waals surface area contributed by atoms with Gasteiger partial charge in [0.1, 0.15) is 11.5 Å². The second kappa shape index (κ2) is 8.88. The van der Waals surface area contributed by atoms with Crippen molar-refractivity contribution in [3.63, 3.8) is 0 Å². The fraction of sp³-hybridized carbons (Fsp3) is 0.417. The maximum absolute atomic E-state index is 13.0. The Balaban J connectivity index is 1.40. The van der Waals surface area contributed by atoms with Gasteiger partial charge in [-0.3, -0.25) is 4.79 Å². The maximum atomic E-state index is 13.0. The van der Waals surface area contributed by atoms with Crippen LogP contribution in [0.5, 0.6) is 11.5 Å². The number of piperidine rings is 1. The fourth-order valence-corrected chi connectivity index (χ4v) is 4.34. The molecule has 164 valence electrons. The molecule has 0 saturated carbocycles. The summed E-state index contributed by atoms with van der Waals surface area (Å²) in [4.78, 5) is 20.0. The molecule has 1 aliphatic rings. The van der Waals surface area contributed by atoms with Crippen LogP contribution in [0.25, 0.3) is 11.0 Å². The summed E-state index contributed by atoms with van der Waals surface area (Å²) in [5.74, 6) is 2.53. The van der Waals surface area contributed by atoms with Crippen LogP contribution in [-0.4, -0.2) is 42.8 Å². The molecule has 0 unspecified atom stereocenters. The molecule has 1 atom stereocenters. The molecule has 4 rings (SSSR count). The molecule has 7 nitrogen and oxygen atoms in total. The number of hydrogen-bond acceptors (Lipinski definition) is 5. The average Bonchev–Trinajstić information content (AvgIpc) is 3.15. The number of carbonyl (C=O) groups excluding carboxylic acids is 1. The van der Waals surface area contributed by atoms with Gasteiger partial charge in [-0.05, 0) is 50.1 Å². The number of para-hydroxylation sites is 2. The monoisotopic (exact) mass is 422 g/mol. The highest BCUT2D eigenvalue weighted by Crippen LogP contribution is 2.30. The Bertz CT molecular complexity index is 1070. The van der Waals surface area contributed by atoms with Crippen LogP contribution in [0.2, 0.25) is 0 Å². The Labute approximate surface area is 183 Å². The number of benzene rings is 2. The summed E-state index contributed by atoms with van der Waals surface area (Å²) in [6.07, 6.45) is 1.61. The number of imidazole rings is 1. The van der Waals surface area contributed by atoms with E-state index in [0.717, 1.165) is 60.0 Å². The Hall–Kier alpha value is -3.22. The van der Waals surface area contributed by atoms with Gasteiger partial charge in [0.25, 0.3) is 0 Å². The number of rotatable bonds is 6. The minimum absolute atomic E-state index is 0.00927. The number of anilines is 1. The molecular weight excluding hydrogens is 392 g/mol. The summed E-state index contributed by atoms with van der Waals surface area (Å²) >= 11 is 0. The first kappa shape index (κ1) is 21.0. The van der Waals surface area contributed by atoms with Gasteiger partial charge in [0.2, 0.25) is 11.9 Å². The predicted octanol–water partition coefficient (Wildman–Crippen LogP) is 3.68. The summed E-state index contributed by atoms with van der Waals surface area (Å²) in [5, 5.41) is 3.17. The molecule has 3 aromatic rings. The van der Waals surface area contributed by atoms with Crippen LogP contribution in [0.1, 0.15) is 31.4 Å². The van der Waals surface area contributed by atoms with Crippen LogP contribution in [0.4, 0.5) is 5.95 Å². The van der Waals surface area contributed by atoms with Crippen molar-refractivity contribution >= 4 is 22.9 Å². The van der Waals surface area contributed by atoms with Crippen molar-refractivity contribution in [1.82, 2.24) is 14.9 Å². The summed E-state index contributed by atoms with van der Waals surface area (Å²) in [6, 6.07) is 13.6. The minimum Gasteiger partial charge on any atom is -0.497 e. The molecular formula is C24H30N4O3. The Kier molecular flexibility index (Phi) is 6.02. The first-order chi connectivity index (χ1) is 15.0. The maximum Gasteiger partial charge on any atom is 0.223 e. The highest BCUT2D eigenvalue weighted by atomic mass is 16.5. The van der Waals surface area contributed by atoms with Crippen LogP contribution in [0.15, 0.2) is 42.5 Å². The predicted molar refractivity (Wildman–Crippen MR) is 122 cm³/mol. The first-order valence-electron chi connectivity index (χ1n) is 10.7. The van der Waals surface area contributed by atoms with Crippen LogP contribution in [0.3, 0.4) is 0 Å². The van der Waals surface area contributed by atoms with E-state index in [1.165, 1.54) is 0 Å². The van der Waals surface area contributed by atoms with E-state index in [1.807, 2.05) is 50.4 Å². The van der Waals surface area contributed by atoms with Gasteiger partial charge in [0.05, 0.1) is 31.3 Å². The number of nitrogens with zero attached hydrogens (tertiary/aromatic N) is 3. The molecule has 2 aromatic carbocycles. The second-order valence-corrected chi connectivity index (χ2v) is 8.06. The van der Waals surface area contributed by atoms with Crippen molar-refractivity contribution in [2.24, 2.45) is 13.0 Å². The number of amides is 1. The van der Waals surface area contributed by atoms with Gasteiger partial charge in [0.15, 0.2) is 0 Å². The molecule has 1 fully saturated rings. The molecule has 1 amide bonds.